The molecule has 1 N–H and O–H groups in total. The molecule has 0 spiro atoms. The summed E-state index contributed by atoms with van der Waals surface area (Å²) in [4.78, 5) is 14.0. The van der Waals surface area contributed by atoms with Crippen LogP contribution in [0.25, 0.3) is 0 Å². The van der Waals surface area contributed by atoms with Crippen molar-refractivity contribution in [3.63, 3.8) is 0 Å². The zero-order chi connectivity index (χ0) is 11.4. The minimum atomic E-state index is 0.00301. The molecule has 0 aromatic carbocycles. The molecule has 0 bridgehead atoms. The van der Waals surface area contributed by atoms with Gasteiger partial charge in [0, 0.05) is 19.5 Å². The SMILES string of the molecule is CN1CCC(OC(=O)CC2CCNC2)CC1. The molecule has 0 amide bonds. The van der Waals surface area contributed by atoms with Gasteiger partial charge in [0.2, 0.25) is 0 Å². The van der Waals surface area contributed by atoms with E-state index >= 15 is 0 Å². The van der Waals surface area contributed by atoms with Gasteiger partial charge in [-0.15, -0.1) is 0 Å². The molecule has 2 fully saturated rings. The predicted molar refractivity (Wildman–Crippen MR) is 62.2 cm³/mol. The van der Waals surface area contributed by atoms with E-state index in [-0.39, 0.29) is 12.1 Å². The summed E-state index contributed by atoms with van der Waals surface area (Å²) >= 11 is 0. The molecule has 0 saturated carbocycles. The maximum atomic E-state index is 11.7. The van der Waals surface area contributed by atoms with Crippen molar-refractivity contribution < 1.29 is 9.53 Å². The largest absolute Gasteiger partial charge is 0.462 e. The van der Waals surface area contributed by atoms with Gasteiger partial charge in [-0.3, -0.25) is 4.79 Å². The normalized spacial score (nSPS) is 28.2. The summed E-state index contributed by atoms with van der Waals surface area (Å²) in [5.41, 5.74) is 0. The van der Waals surface area contributed by atoms with Crippen LogP contribution in [0.5, 0.6) is 0 Å². The Balaban J connectivity index is 1.66. The molecule has 2 heterocycles. The fraction of sp³-hybridized carbons (Fsp3) is 0.917. The van der Waals surface area contributed by atoms with Crippen molar-refractivity contribution in [3.8, 4) is 0 Å². The van der Waals surface area contributed by atoms with E-state index in [1.165, 1.54) is 0 Å². The lowest BCUT2D eigenvalue weighted by atomic mass is 10.0. The van der Waals surface area contributed by atoms with Gasteiger partial charge in [-0.1, -0.05) is 0 Å². The topological polar surface area (TPSA) is 41.6 Å². The van der Waals surface area contributed by atoms with Gasteiger partial charge in [-0.25, -0.2) is 0 Å². The number of likely N-dealkylation sites (tertiary alicyclic amines) is 1. The number of hydrogen-bond acceptors (Lipinski definition) is 4. The number of carbonyl (C=O) groups excluding carboxylic acids is 1. The monoisotopic (exact) mass is 226 g/mol. The third-order valence-corrected chi connectivity index (χ3v) is 3.58. The average molecular weight is 226 g/mol. The predicted octanol–water partition coefficient (Wildman–Crippen LogP) is 0.623. The second kappa shape index (κ2) is 5.64. The molecule has 2 rings (SSSR count). The third kappa shape index (κ3) is 3.46. The van der Waals surface area contributed by atoms with Gasteiger partial charge in [0.15, 0.2) is 0 Å². The van der Waals surface area contributed by atoms with Crippen molar-refractivity contribution in [1.82, 2.24) is 10.2 Å². The van der Waals surface area contributed by atoms with Crippen LogP contribution in [0.1, 0.15) is 25.7 Å². The number of piperidine rings is 1. The van der Waals surface area contributed by atoms with Crippen molar-refractivity contribution in [1.29, 1.82) is 0 Å². The van der Waals surface area contributed by atoms with E-state index in [0.29, 0.717) is 12.3 Å². The van der Waals surface area contributed by atoms with Crippen LogP contribution in [0.15, 0.2) is 0 Å². The van der Waals surface area contributed by atoms with Crippen molar-refractivity contribution in [2.75, 3.05) is 33.2 Å². The number of esters is 1. The molecule has 1 unspecified atom stereocenters. The van der Waals surface area contributed by atoms with Gasteiger partial charge in [0.1, 0.15) is 6.10 Å². The van der Waals surface area contributed by atoms with Crippen LogP contribution in [0.3, 0.4) is 0 Å². The summed E-state index contributed by atoms with van der Waals surface area (Å²) in [6.07, 6.45) is 3.86. The third-order valence-electron chi connectivity index (χ3n) is 3.58. The first-order chi connectivity index (χ1) is 7.74. The molecule has 16 heavy (non-hydrogen) atoms. The van der Waals surface area contributed by atoms with Crippen LogP contribution in [0, 0.1) is 5.92 Å². The molecular weight excluding hydrogens is 204 g/mol. The highest BCUT2D eigenvalue weighted by Crippen LogP contribution is 2.17. The molecule has 4 heteroatoms. The number of carbonyl (C=O) groups is 1. The van der Waals surface area contributed by atoms with Crippen LogP contribution in [-0.2, 0) is 9.53 Å². The number of ether oxygens (including phenoxy) is 1. The molecule has 0 aromatic rings. The van der Waals surface area contributed by atoms with Crippen LogP contribution in [0.4, 0.5) is 0 Å². The summed E-state index contributed by atoms with van der Waals surface area (Å²) in [5.74, 6) is 0.502. The van der Waals surface area contributed by atoms with E-state index in [2.05, 4.69) is 17.3 Å². The Bertz CT molecular complexity index is 231. The van der Waals surface area contributed by atoms with E-state index in [0.717, 1.165) is 45.4 Å². The van der Waals surface area contributed by atoms with E-state index in [1.54, 1.807) is 0 Å². The Morgan fingerprint density at radius 3 is 2.75 bits per heavy atom. The van der Waals surface area contributed by atoms with Gasteiger partial charge >= 0.3 is 5.97 Å². The Morgan fingerprint density at radius 1 is 1.38 bits per heavy atom. The Kier molecular flexibility index (Phi) is 4.18. The summed E-state index contributed by atoms with van der Waals surface area (Å²) in [7, 11) is 2.11. The van der Waals surface area contributed by atoms with E-state index in [1.807, 2.05) is 0 Å². The zero-order valence-corrected chi connectivity index (χ0v) is 10.1. The van der Waals surface area contributed by atoms with Gasteiger partial charge in [0.05, 0.1) is 0 Å². The van der Waals surface area contributed by atoms with Gasteiger partial charge in [-0.2, -0.15) is 0 Å². The first-order valence-corrected chi connectivity index (χ1v) is 6.33. The second-order valence-corrected chi connectivity index (χ2v) is 5.06. The summed E-state index contributed by atoms with van der Waals surface area (Å²) in [6, 6.07) is 0. The van der Waals surface area contributed by atoms with Crippen molar-refractivity contribution >= 4 is 5.97 Å². The molecule has 2 aliphatic rings. The smallest absolute Gasteiger partial charge is 0.306 e. The van der Waals surface area contributed by atoms with Crippen molar-refractivity contribution in [3.05, 3.63) is 0 Å². The molecule has 0 aromatic heterocycles. The summed E-state index contributed by atoms with van der Waals surface area (Å²) in [6.45, 7) is 4.11. The number of nitrogens with zero attached hydrogens (tertiary/aromatic N) is 1. The van der Waals surface area contributed by atoms with E-state index in [9.17, 15) is 4.79 Å². The highest BCUT2D eigenvalue weighted by molar-refractivity contribution is 5.70. The second-order valence-electron chi connectivity index (χ2n) is 5.06. The zero-order valence-electron chi connectivity index (χ0n) is 10.1. The molecule has 92 valence electrons. The van der Waals surface area contributed by atoms with Crippen LogP contribution in [-0.4, -0.2) is 50.2 Å². The maximum absolute atomic E-state index is 11.7. The molecule has 0 aliphatic carbocycles. The number of nitrogens with one attached hydrogen (secondary N) is 1. The first-order valence-electron chi connectivity index (χ1n) is 6.33. The number of rotatable bonds is 3. The fourth-order valence-electron chi connectivity index (χ4n) is 2.46. The van der Waals surface area contributed by atoms with Gasteiger partial charge in [-0.05, 0) is 45.3 Å². The van der Waals surface area contributed by atoms with Crippen LogP contribution < -0.4 is 5.32 Å². The average Bonchev–Trinajstić information content (AvgIpc) is 2.74. The van der Waals surface area contributed by atoms with Crippen molar-refractivity contribution in [2.24, 2.45) is 5.92 Å². The van der Waals surface area contributed by atoms with Crippen LogP contribution in [0.2, 0.25) is 0 Å². The lowest BCUT2D eigenvalue weighted by Crippen LogP contribution is -2.35. The molecule has 1 atom stereocenters. The quantitative estimate of drug-likeness (QED) is 0.716. The van der Waals surface area contributed by atoms with Gasteiger partial charge < -0.3 is 15.0 Å². The standard InChI is InChI=1S/C12H22N2O2/c1-14-6-3-11(4-7-14)16-12(15)8-10-2-5-13-9-10/h10-11,13H,2-9H2,1H3. The molecule has 2 aliphatic heterocycles. The Morgan fingerprint density at radius 2 is 2.12 bits per heavy atom. The molecule has 0 radical (unpaired) electrons. The molecule has 4 nitrogen and oxygen atoms in total. The Labute approximate surface area is 97.3 Å². The molecule has 2 saturated heterocycles. The first kappa shape index (κ1) is 11.9. The highest BCUT2D eigenvalue weighted by atomic mass is 16.5. The Hall–Kier alpha value is -0.610. The van der Waals surface area contributed by atoms with Crippen LogP contribution >= 0.6 is 0 Å². The minimum absolute atomic E-state index is 0.00301. The lowest BCUT2D eigenvalue weighted by molar-refractivity contribution is -0.152. The summed E-state index contributed by atoms with van der Waals surface area (Å²) < 4.78 is 5.51. The van der Waals surface area contributed by atoms with E-state index < -0.39 is 0 Å². The summed E-state index contributed by atoms with van der Waals surface area (Å²) in [5, 5.41) is 3.27. The fourth-order valence-corrected chi connectivity index (χ4v) is 2.46. The van der Waals surface area contributed by atoms with Crippen molar-refractivity contribution in [2.45, 2.75) is 31.8 Å². The van der Waals surface area contributed by atoms with Gasteiger partial charge in [0.25, 0.3) is 0 Å². The highest BCUT2D eigenvalue weighted by Gasteiger charge is 2.23. The van der Waals surface area contributed by atoms with E-state index in [4.69, 9.17) is 4.74 Å². The minimum Gasteiger partial charge on any atom is -0.462 e. The maximum Gasteiger partial charge on any atom is 0.306 e. The number of hydrogen-bond donors (Lipinski definition) is 1. The lowest BCUT2D eigenvalue weighted by Gasteiger charge is -2.28. The molecular formula is C12H22N2O2.